The Labute approximate surface area is 154 Å². The zero-order chi connectivity index (χ0) is 17.6. The zero-order valence-electron chi connectivity index (χ0n) is 15.7. The highest BCUT2D eigenvalue weighted by atomic mass is 32.1. The van der Waals surface area contributed by atoms with Gasteiger partial charge in [0.05, 0.1) is 5.41 Å². The molecule has 4 aliphatic rings. The maximum Gasteiger partial charge on any atom is 0.254 e. The van der Waals surface area contributed by atoms with E-state index in [1.165, 1.54) is 29.8 Å². The number of amides is 1. The Hall–Kier alpha value is -0.940. The van der Waals surface area contributed by atoms with Crippen molar-refractivity contribution in [3.05, 3.63) is 15.4 Å². The third-order valence-corrected chi connectivity index (χ3v) is 7.90. The van der Waals surface area contributed by atoms with Gasteiger partial charge in [-0.1, -0.05) is 0 Å². The van der Waals surface area contributed by atoms with Crippen LogP contribution in [0.25, 0.3) is 0 Å². The summed E-state index contributed by atoms with van der Waals surface area (Å²) >= 11 is 1.67. The predicted octanol–water partition coefficient (Wildman–Crippen LogP) is 3.85. The number of carbonyl (C=O) groups excluding carboxylic acids is 1. The Kier molecular flexibility index (Phi) is 4.65. The molecular formula is C20H30N2O2S. The largest absolute Gasteiger partial charge is 0.385 e. The van der Waals surface area contributed by atoms with Crippen LogP contribution < -0.4 is 4.80 Å². The van der Waals surface area contributed by atoms with Crippen molar-refractivity contribution in [2.45, 2.75) is 65.3 Å². The molecule has 0 spiro atoms. The maximum absolute atomic E-state index is 13.3. The van der Waals surface area contributed by atoms with E-state index in [-0.39, 0.29) is 11.3 Å². The van der Waals surface area contributed by atoms with Crippen molar-refractivity contribution in [3.8, 4) is 0 Å². The molecule has 4 nitrogen and oxygen atoms in total. The highest BCUT2D eigenvalue weighted by Gasteiger charge is 2.54. The lowest BCUT2D eigenvalue weighted by Gasteiger charge is -2.55. The summed E-state index contributed by atoms with van der Waals surface area (Å²) in [4.78, 5) is 20.1. The van der Waals surface area contributed by atoms with E-state index in [0.717, 1.165) is 61.4 Å². The number of hydrogen-bond donors (Lipinski definition) is 0. The van der Waals surface area contributed by atoms with Crippen LogP contribution in [0.4, 0.5) is 0 Å². The fourth-order valence-corrected chi connectivity index (χ4v) is 6.89. The van der Waals surface area contributed by atoms with Crippen LogP contribution in [0, 0.1) is 37.0 Å². The number of carbonyl (C=O) groups is 1. The van der Waals surface area contributed by atoms with Gasteiger partial charge in [-0.2, -0.15) is 4.99 Å². The number of methoxy groups -OCH3 is 1. The first-order chi connectivity index (χ1) is 12.0. The summed E-state index contributed by atoms with van der Waals surface area (Å²) in [6.45, 7) is 5.87. The lowest BCUT2D eigenvalue weighted by molar-refractivity contribution is -0.142. The topological polar surface area (TPSA) is 43.6 Å². The lowest BCUT2D eigenvalue weighted by Crippen LogP contribution is -2.50. The molecule has 4 fully saturated rings. The molecule has 0 saturated heterocycles. The molecule has 1 heterocycles. The number of aryl methyl sites for hydroxylation is 1. The second-order valence-corrected chi connectivity index (χ2v) is 9.82. The van der Waals surface area contributed by atoms with Crippen LogP contribution in [0.2, 0.25) is 0 Å². The Bertz CT molecular complexity index is 695. The Morgan fingerprint density at radius 3 is 2.36 bits per heavy atom. The Morgan fingerprint density at radius 1 is 1.20 bits per heavy atom. The summed E-state index contributed by atoms with van der Waals surface area (Å²) in [5, 5.41) is 0. The minimum atomic E-state index is -0.134. The summed E-state index contributed by atoms with van der Waals surface area (Å²) in [5.41, 5.74) is 1.10. The van der Waals surface area contributed by atoms with Crippen LogP contribution in [0.5, 0.6) is 0 Å². The molecule has 4 saturated carbocycles. The average Bonchev–Trinajstić information content (AvgIpc) is 2.81. The summed E-state index contributed by atoms with van der Waals surface area (Å²) < 4.78 is 7.41. The molecule has 4 bridgehead atoms. The number of ether oxygens (including phenoxy) is 1. The van der Waals surface area contributed by atoms with Crippen LogP contribution >= 0.6 is 11.3 Å². The monoisotopic (exact) mass is 362 g/mol. The summed E-state index contributed by atoms with van der Waals surface area (Å²) in [6, 6.07) is 0. The van der Waals surface area contributed by atoms with Gasteiger partial charge in [-0.05, 0) is 76.5 Å². The maximum atomic E-state index is 13.3. The SMILES string of the molecule is COCCCn1c(C)c(C)s/c1=N\C(=O)C12CC3CC(CC(C3)C1)C2. The Balaban J connectivity index is 1.62. The third-order valence-electron chi connectivity index (χ3n) is 6.81. The summed E-state index contributed by atoms with van der Waals surface area (Å²) in [5.74, 6) is 2.52. The minimum Gasteiger partial charge on any atom is -0.385 e. The van der Waals surface area contributed by atoms with Gasteiger partial charge >= 0.3 is 0 Å². The quantitative estimate of drug-likeness (QED) is 0.747. The van der Waals surface area contributed by atoms with E-state index in [0.29, 0.717) is 0 Å². The average molecular weight is 363 g/mol. The smallest absolute Gasteiger partial charge is 0.254 e. The molecule has 0 aromatic carbocycles. The van der Waals surface area contributed by atoms with Gasteiger partial charge in [-0.15, -0.1) is 11.3 Å². The molecule has 0 unspecified atom stereocenters. The van der Waals surface area contributed by atoms with E-state index >= 15 is 0 Å². The number of aromatic nitrogens is 1. The number of nitrogens with zero attached hydrogens (tertiary/aromatic N) is 2. The lowest BCUT2D eigenvalue weighted by atomic mass is 9.49. The standard InChI is InChI=1S/C20H30N2O2S/c1-13-14(2)25-19(22(13)5-4-6-24-3)21-18(23)20-10-15-7-16(11-20)9-17(8-15)12-20/h15-17H,4-12H2,1-3H3/b21-19-. The molecule has 138 valence electrons. The highest BCUT2D eigenvalue weighted by molar-refractivity contribution is 7.09. The molecule has 1 aromatic heterocycles. The Morgan fingerprint density at radius 2 is 1.80 bits per heavy atom. The predicted molar refractivity (Wildman–Crippen MR) is 99.5 cm³/mol. The first-order valence-electron chi connectivity index (χ1n) is 9.75. The van der Waals surface area contributed by atoms with Crippen LogP contribution in [-0.4, -0.2) is 24.2 Å². The molecule has 0 aliphatic heterocycles. The van der Waals surface area contributed by atoms with E-state index in [1.54, 1.807) is 18.4 Å². The number of hydrogen-bond acceptors (Lipinski definition) is 3. The van der Waals surface area contributed by atoms with Crippen molar-refractivity contribution < 1.29 is 9.53 Å². The molecule has 25 heavy (non-hydrogen) atoms. The van der Waals surface area contributed by atoms with Crippen molar-refractivity contribution >= 4 is 17.2 Å². The van der Waals surface area contributed by atoms with E-state index < -0.39 is 0 Å². The molecule has 0 N–H and O–H groups in total. The molecule has 0 atom stereocenters. The number of rotatable bonds is 5. The molecule has 1 amide bonds. The van der Waals surface area contributed by atoms with Crippen molar-refractivity contribution in [3.63, 3.8) is 0 Å². The minimum absolute atomic E-state index is 0.134. The van der Waals surface area contributed by atoms with E-state index in [9.17, 15) is 4.79 Å². The van der Waals surface area contributed by atoms with Crippen molar-refractivity contribution in [1.82, 2.24) is 4.57 Å². The first kappa shape index (κ1) is 17.5. The van der Waals surface area contributed by atoms with Crippen molar-refractivity contribution in [2.24, 2.45) is 28.2 Å². The highest BCUT2D eigenvalue weighted by Crippen LogP contribution is 2.60. The first-order valence-corrected chi connectivity index (χ1v) is 10.6. The molecule has 0 radical (unpaired) electrons. The zero-order valence-corrected chi connectivity index (χ0v) is 16.5. The molecule has 4 aliphatic carbocycles. The van der Waals surface area contributed by atoms with Crippen molar-refractivity contribution in [1.29, 1.82) is 0 Å². The van der Waals surface area contributed by atoms with Gasteiger partial charge in [-0.3, -0.25) is 4.79 Å². The molecule has 5 heteroatoms. The van der Waals surface area contributed by atoms with Crippen molar-refractivity contribution in [2.75, 3.05) is 13.7 Å². The van der Waals surface area contributed by atoms with Gasteiger partial charge in [0.2, 0.25) is 0 Å². The van der Waals surface area contributed by atoms with Crippen LogP contribution in [-0.2, 0) is 16.1 Å². The number of thiazole rings is 1. The van der Waals surface area contributed by atoms with Crippen LogP contribution in [0.3, 0.4) is 0 Å². The second-order valence-electron chi connectivity index (χ2n) is 8.64. The van der Waals surface area contributed by atoms with E-state index in [1.807, 2.05) is 0 Å². The van der Waals surface area contributed by atoms with Gasteiger partial charge < -0.3 is 9.30 Å². The normalized spacial score (nSPS) is 34.0. The summed E-state index contributed by atoms with van der Waals surface area (Å²) in [6.07, 6.45) is 8.31. The van der Waals surface area contributed by atoms with Crippen LogP contribution in [0.15, 0.2) is 4.99 Å². The van der Waals surface area contributed by atoms with Gasteiger partial charge in [0.1, 0.15) is 0 Å². The van der Waals surface area contributed by atoms with Gasteiger partial charge in [0.25, 0.3) is 5.91 Å². The summed E-state index contributed by atoms with van der Waals surface area (Å²) in [7, 11) is 1.73. The molecule has 5 rings (SSSR count). The fraction of sp³-hybridized carbons (Fsp3) is 0.800. The van der Waals surface area contributed by atoms with E-state index in [4.69, 9.17) is 9.73 Å². The second kappa shape index (κ2) is 6.66. The molecule has 1 aromatic rings. The fourth-order valence-electron chi connectivity index (χ4n) is 5.89. The van der Waals surface area contributed by atoms with Gasteiger partial charge in [0, 0.05) is 30.8 Å². The van der Waals surface area contributed by atoms with Crippen LogP contribution in [0.1, 0.15) is 55.5 Å². The van der Waals surface area contributed by atoms with Gasteiger partial charge in [-0.25, -0.2) is 0 Å². The molecular weight excluding hydrogens is 332 g/mol. The van der Waals surface area contributed by atoms with E-state index in [2.05, 4.69) is 18.4 Å². The van der Waals surface area contributed by atoms with Gasteiger partial charge in [0.15, 0.2) is 4.80 Å². The third kappa shape index (κ3) is 3.14.